The van der Waals surface area contributed by atoms with Crippen LogP contribution >= 0.6 is 0 Å². The molecule has 0 aromatic carbocycles. The van der Waals surface area contributed by atoms with E-state index in [9.17, 15) is 0 Å². The van der Waals surface area contributed by atoms with Gasteiger partial charge in [-0.3, -0.25) is 0 Å². The third-order valence-electron chi connectivity index (χ3n) is 1.66. The first-order chi connectivity index (χ1) is 6.29. The molecule has 3 N–H and O–H groups in total. The van der Waals surface area contributed by atoms with Gasteiger partial charge in [-0.2, -0.15) is 5.90 Å². The molecule has 0 unspecified atom stereocenters. The monoisotopic (exact) mass is 180 g/mol. The third kappa shape index (κ3) is 2.16. The SMILES string of the molecule is CNc1ncnc(/C=C/ON)c1C. The van der Waals surface area contributed by atoms with Gasteiger partial charge < -0.3 is 10.2 Å². The Bertz CT molecular complexity index is 311. The van der Waals surface area contributed by atoms with Crippen molar-refractivity contribution in [3.63, 3.8) is 0 Å². The number of nitrogens with zero attached hydrogens (tertiary/aromatic N) is 2. The fraction of sp³-hybridized carbons (Fsp3) is 0.250. The molecule has 0 atom stereocenters. The van der Waals surface area contributed by atoms with Gasteiger partial charge in [0.25, 0.3) is 0 Å². The molecule has 0 aliphatic rings. The van der Waals surface area contributed by atoms with Gasteiger partial charge in [-0.05, 0) is 6.92 Å². The van der Waals surface area contributed by atoms with E-state index in [2.05, 4.69) is 20.1 Å². The molecular weight excluding hydrogens is 168 g/mol. The predicted octanol–water partition coefficient (Wildman–Crippen LogP) is 0.688. The van der Waals surface area contributed by atoms with Gasteiger partial charge in [0.2, 0.25) is 0 Å². The molecule has 0 aliphatic carbocycles. The molecule has 13 heavy (non-hydrogen) atoms. The lowest BCUT2D eigenvalue weighted by molar-refractivity contribution is 0.264. The summed E-state index contributed by atoms with van der Waals surface area (Å²) in [4.78, 5) is 12.4. The van der Waals surface area contributed by atoms with Gasteiger partial charge in [0.1, 0.15) is 18.4 Å². The minimum absolute atomic E-state index is 0.782. The summed E-state index contributed by atoms with van der Waals surface area (Å²) in [5.41, 5.74) is 1.74. The normalized spacial score (nSPS) is 10.4. The predicted molar refractivity (Wildman–Crippen MR) is 50.6 cm³/mol. The van der Waals surface area contributed by atoms with Crippen molar-refractivity contribution in [2.45, 2.75) is 6.92 Å². The lowest BCUT2D eigenvalue weighted by atomic mass is 10.2. The van der Waals surface area contributed by atoms with Crippen LogP contribution in [0.25, 0.3) is 6.08 Å². The van der Waals surface area contributed by atoms with Crippen molar-refractivity contribution in [1.29, 1.82) is 0 Å². The smallest absolute Gasteiger partial charge is 0.132 e. The Morgan fingerprint density at radius 1 is 1.54 bits per heavy atom. The van der Waals surface area contributed by atoms with Gasteiger partial charge in [-0.1, -0.05) is 0 Å². The van der Waals surface area contributed by atoms with Gasteiger partial charge in [0.15, 0.2) is 0 Å². The van der Waals surface area contributed by atoms with Crippen LogP contribution in [-0.4, -0.2) is 17.0 Å². The van der Waals surface area contributed by atoms with Crippen LogP contribution in [0.1, 0.15) is 11.3 Å². The number of hydrogen-bond acceptors (Lipinski definition) is 5. The molecule has 0 bridgehead atoms. The van der Waals surface area contributed by atoms with Crippen molar-refractivity contribution in [1.82, 2.24) is 9.97 Å². The van der Waals surface area contributed by atoms with Gasteiger partial charge in [-0.15, -0.1) is 0 Å². The number of anilines is 1. The van der Waals surface area contributed by atoms with Crippen LogP contribution in [0.5, 0.6) is 0 Å². The summed E-state index contributed by atoms with van der Waals surface area (Å²) in [6.45, 7) is 1.92. The van der Waals surface area contributed by atoms with Gasteiger partial charge >= 0.3 is 0 Å². The van der Waals surface area contributed by atoms with E-state index in [0.717, 1.165) is 17.1 Å². The topological polar surface area (TPSA) is 73.1 Å². The lowest BCUT2D eigenvalue weighted by Crippen LogP contribution is -1.99. The zero-order valence-electron chi connectivity index (χ0n) is 7.61. The highest BCUT2D eigenvalue weighted by Crippen LogP contribution is 2.13. The van der Waals surface area contributed by atoms with Gasteiger partial charge in [0.05, 0.1) is 5.69 Å². The number of nitrogens with one attached hydrogen (secondary N) is 1. The molecule has 0 amide bonds. The lowest BCUT2D eigenvalue weighted by Gasteiger charge is -2.04. The van der Waals surface area contributed by atoms with Crippen LogP contribution in [0.3, 0.4) is 0 Å². The Balaban J connectivity index is 3.01. The molecule has 70 valence electrons. The first-order valence-electron chi connectivity index (χ1n) is 3.81. The highest BCUT2D eigenvalue weighted by Gasteiger charge is 2.01. The van der Waals surface area contributed by atoms with Crippen molar-refractivity contribution < 1.29 is 4.84 Å². The molecule has 0 saturated carbocycles. The maximum absolute atomic E-state index is 4.85. The van der Waals surface area contributed by atoms with Crippen LogP contribution in [0.2, 0.25) is 0 Å². The average Bonchev–Trinajstić information content (AvgIpc) is 2.16. The van der Waals surface area contributed by atoms with E-state index < -0.39 is 0 Å². The van der Waals surface area contributed by atoms with E-state index in [1.165, 1.54) is 12.6 Å². The van der Waals surface area contributed by atoms with E-state index in [1.807, 2.05) is 14.0 Å². The van der Waals surface area contributed by atoms with E-state index in [4.69, 9.17) is 5.90 Å². The van der Waals surface area contributed by atoms with E-state index >= 15 is 0 Å². The Morgan fingerprint density at radius 2 is 2.31 bits per heavy atom. The summed E-state index contributed by atoms with van der Waals surface area (Å²) in [6, 6.07) is 0. The Hall–Kier alpha value is -1.62. The van der Waals surface area contributed by atoms with Crippen molar-refractivity contribution in [2.24, 2.45) is 5.90 Å². The number of nitrogens with two attached hydrogens (primary N) is 1. The highest BCUT2D eigenvalue weighted by atomic mass is 16.6. The molecule has 0 radical (unpaired) electrons. The average molecular weight is 180 g/mol. The fourth-order valence-corrected chi connectivity index (χ4v) is 0.988. The summed E-state index contributed by atoms with van der Waals surface area (Å²) in [6.07, 6.45) is 4.53. The van der Waals surface area contributed by atoms with Crippen molar-refractivity contribution in [2.75, 3.05) is 12.4 Å². The molecule has 1 aromatic rings. The van der Waals surface area contributed by atoms with Crippen molar-refractivity contribution in [3.8, 4) is 0 Å². The molecule has 1 rings (SSSR count). The van der Waals surface area contributed by atoms with Crippen molar-refractivity contribution in [3.05, 3.63) is 23.8 Å². The molecule has 0 saturated heterocycles. The van der Waals surface area contributed by atoms with E-state index in [-0.39, 0.29) is 0 Å². The first-order valence-corrected chi connectivity index (χ1v) is 3.81. The number of aromatic nitrogens is 2. The summed E-state index contributed by atoms with van der Waals surface area (Å²) < 4.78 is 0. The van der Waals surface area contributed by atoms with Crippen LogP contribution in [0.15, 0.2) is 12.6 Å². The number of hydrogen-bond donors (Lipinski definition) is 2. The van der Waals surface area contributed by atoms with Crippen molar-refractivity contribution >= 4 is 11.9 Å². The van der Waals surface area contributed by atoms with Gasteiger partial charge in [-0.25, -0.2) is 9.97 Å². The molecule has 0 fully saturated rings. The second-order valence-corrected chi connectivity index (χ2v) is 2.42. The van der Waals surface area contributed by atoms with Crippen LogP contribution < -0.4 is 11.2 Å². The third-order valence-corrected chi connectivity index (χ3v) is 1.66. The molecule has 0 aliphatic heterocycles. The molecular formula is C8H12N4O. The summed E-state index contributed by atoms with van der Waals surface area (Å²) in [7, 11) is 1.81. The standard InChI is InChI=1S/C8H12N4O/c1-6-7(3-4-13-9)11-5-12-8(6)10-2/h3-5H,9H2,1-2H3,(H,10,11,12)/b4-3+. The van der Waals surface area contributed by atoms with Crippen LogP contribution in [-0.2, 0) is 4.84 Å². The summed E-state index contributed by atoms with van der Waals surface area (Å²) in [5, 5.41) is 2.95. The van der Waals surface area contributed by atoms with Crippen LogP contribution in [0.4, 0.5) is 5.82 Å². The molecule has 0 spiro atoms. The molecule has 5 nitrogen and oxygen atoms in total. The summed E-state index contributed by atoms with van der Waals surface area (Å²) in [5.74, 6) is 5.65. The Morgan fingerprint density at radius 3 is 2.92 bits per heavy atom. The quantitative estimate of drug-likeness (QED) is 0.528. The minimum atomic E-state index is 0.782. The van der Waals surface area contributed by atoms with Crippen LogP contribution in [0, 0.1) is 6.92 Å². The molecule has 5 heteroatoms. The zero-order valence-corrected chi connectivity index (χ0v) is 7.61. The second kappa shape index (κ2) is 4.42. The van der Waals surface area contributed by atoms with E-state index in [1.54, 1.807) is 6.08 Å². The second-order valence-electron chi connectivity index (χ2n) is 2.42. The van der Waals surface area contributed by atoms with Gasteiger partial charge in [0, 0.05) is 18.7 Å². The zero-order chi connectivity index (χ0) is 9.68. The molecule has 1 heterocycles. The Labute approximate surface area is 76.6 Å². The minimum Gasteiger partial charge on any atom is -0.419 e. The number of rotatable bonds is 3. The van der Waals surface area contributed by atoms with E-state index in [0.29, 0.717) is 0 Å². The maximum Gasteiger partial charge on any atom is 0.132 e. The largest absolute Gasteiger partial charge is 0.419 e. The Kier molecular flexibility index (Phi) is 3.22. The highest BCUT2D eigenvalue weighted by molar-refractivity contribution is 5.56. The fourth-order valence-electron chi connectivity index (χ4n) is 0.988. The molecule has 1 aromatic heterocycles. The summed E-state index contributed by atoms with van der Waals surface area (Å²) >= 11 is 0. The first kappa shape index (κ1) is 9.47. The maximum atomic E-state index is 4.85.